The molecule has 0 aliphatic rings. The van der Waals surface area contributed by atoms with Gasteiger partial charge in [0.2, 0.25) is 0 Å². The van der Waals surface area contributed by atoms with E-state index in [0.717, 1.165) is 11.3 Å². The van der Waals surface area contributed by atoms with Crippen molar-refractivity contribution in [3.05, 3.63) is 60.2 Å². The maximum Gasteiger partial charge on any atom is 0.345 e. The van der Waals surface area contributed by atoms with Gasteiger partial charge in [0.25, 0.3) is 0 Å². The highest BCUT2D eigenvalue weighted by molar-refractivity contribution is 5.34. The fourth-order valence-electron chi connectivity index (χ4n) is 2.20. The van der Waals surface area contributed by atoms with Crippen molar-refractivity contribution >= 4 is 0 Å². The zero-order valence-corrected chi connectivity index (χ0v) is 15.4. The number of aliphatic hydroxyl groups is 1. The van der Waals surface area contributed by atoms with Crippen LogP contribution >= 0.6 is 0 Å². The molecule has 0 radical (unpaired) electrons. The maximum absolute atomic E-state index is 9.32. The van der Waals surface area contributed by atoms with Gasteiger partial charge in [0, 0.05) is 12.1 Å². The van der Waals surface area contributed by atoms with Gasteiger partial charge >= 0.3 is 6.01 Å². The SMILES string of the molecule is CC(C)(CO)NCc1cccc(Oc2nnnn2-c2ccccc2)c1.[Cl-]. The predicted octanol–water partition coefficient (Wildman–Crippen LogP) is -0.681. The van der Waals surface area contributed by atoms with E-state index >= 15 is 0 Å². The third-order valence-electron chi connectivity index (χ3n) is 3.72. The average Bonchev–Trinajstić information content (AvgIpc) is 3.09. The number of nitrogens with zero attached hydrogens (tertiary/aromatic N) is 4. The molecule has 26 heavy (non-hydrogen) atoms. The molecule has 0 aliphatic carbocycles. The van der Waals surface area contributed by atoms with Crippen LogP contribution in [0.25, 0.3) is 5.69 Å². The molecule has 3 aromatic rings. The van der Waals surface area contributed by atoms with E-state index in [-0.39, 0.29) is 24.6 Å². The number of hydrogen-bond acceptors (Lipinski definition) is 6. The molecule has 0 aliphatic heterocycles. The van der Waals surface area contributed by atoms with E-state index in [0.29, 0.717) is 18.3 Å². The van der Waals surface area contributed by atoms with Crippen molar-refractivity contribution in [3.8, 4) is 17.4 Å². The molecule has 8 heteroatoms. The van der Waals surface area contributed by atoms with Gasteiger partial charge in [-0.1, -0.05) is 35.4 Å². The van der Waals surface area contributed by atoms with Crippen molar-refractivity contribution in [1.29, 1.82) is 0 Å². The molecule has 2 aromatic carbocycles. The van der Waals surface area contributed by atoms with Crippen LogP contribution in [0.4, 0.5) is 0 Å². The van der Waals surface area contributed by atoms with Gasteiger partial charge in [-0.15, -0.1) is 0 Å². The third-order valence-corrected chi connectivity index (χ3v) is 3.72. The van der Waals surface area contributed by atoms with Gasteiger partial charge in [0.05, 0.1) is 12.3 Å². The summed E-state index contributed by atoms with van der Waals surface area (Å²) in [6, 6.07) is 17.5. The number of aliphatic hydroxyl groups excluding tert-OH is 1. The molecule has 2 N–H and O–H groups in total. The Labute approximate surface area is 158 Å². The molecular weight excluding hydrogens is 354 g/mol. The fraction of sp³-hybridized carbons (Fsp3) is 0.278. The van der Waals surface area contributed by atoms with Crippen molar-refractivity contribution in [2.75, 3.05) is 6.61 Å². The normalized spacial score (nSPS) is 11.0. The Bertz CT molecular complexity index is 823. The Morgan fingerprint density at radius 3 is 2.62 bits per heavy atom. The van der Waals surface area contributed by atoms with Crippen LogP contribution in [0.15, 0.2) is 54.6 Å². The second-order valence-electron chi connectivity index (χ2n) is 6.35. The maximum atomic E-state index is 9.32. The van der Waals surface area contributed by atoms with Crippen LogP contribution < -0.4 is 22.5 Å². The summed E-state index contributed by atoms with van der Waals surface area (Å²) in [6.45, 7) is 4.58. The van der Waals surface area contributed by atoms with Crippen LogP contribution in [0.5, 0.6) is 11.8 Å². The first-order valence-electron chi connectivity index (χ1n) is 8.04. The number of hydrogen-bond donors (Lipinski definition) is 2. The quantitative estimate of drug-likeness (QED) is 0.570. The Morgan fingerprint density at radius 1 is 1.12 bits per heavy atom. The Hall–Kier alpha value is -2.48. The molecule has 0 saturated carbocycles. The van der Waals surface area contributed by atoms with Crippen LogP contribution in [-0.4, -0.2) is 37.5 Å². The predicted molar refractivity (Wildman–Crippen MR) is 93.7 cm³/mol. The summed E-state index contributed by atoms with van der Waals surface area (Å²) in [4.78, 5) is 0. The van der Waals surface area contributed by atoms with Crippen molar-refractivity contribution in [2.24, 2.45) is 0 Å². The first-order valence-corrected chi connectivity index (χ1v) is 8.04. The van der Waals surface area contributed by atoms with Gasteiger partial charge in [-0.25, -0.2) is 0 Å². The molecule has 0 saturated heterocycles. The Balaban J connectivity index is 0.00000243. The lowest BCUT2D eigenvalue weighted by Gasteiger charge is -2.23. The molecular formula is C18H21ClN5O2-. The summed E-state index contributed by atoms with van der Waals surface area (Å²) in [5.74, 6) is 0.646. The molecule has 7 nitrogen and oxygen atoms in total. The number of tetrazole rings is 1. The molecule has 0 bridgehead atoms. The first-order chi connectivity index (χ1) is 12.1. The van der Waals surface area contributed by atoms with Crippen LogP contribution in [0.3, 0.4) is 0 Å². The minimum Gasteiger partial charge on any atom is -1.00 e. The fourth-order valence-corrected chi connectivity index (χ4v) is 2.20. The lowest BCUT2D eigenvalue weighted by atomic mass is 10.1. The first kappa shape index (κ1) is 19.8. The highest BCUT2D eigenvalue weighted by Crippen LogP contribution is 2.22. The van der Waals surface area contributed by atoms with Crippen LogP contribution in [-0.2, 0) is 6.54 Å². The highest BCUT2D eigenvalue weighted by atomic mass is 35.5. The van der Waals surface area contributed by atoms with Gasteiger partial charge in [-0.3, -0.25) is 0 Å². The lowest BCUT2D eigenvalue weighted by Crippen LogP contribution is -3.00. The summed E-state index contributed by atoms with van der Waals surface area (Å²) in [5.41, 5.74) is 1.52. The van der Waals surface area contributed by atoms with Gasteiger partial charge in [-0.2, -0.15) is 4.68 Å². The summed E-state index contributed by atoms with van der Waals surface area (Å²) in [6.07, 6.45) is 0. The highest BCUT2D eigenvalue weighted by Gasteiger charge is 2.15. The second kappa shape index (κ2) is 8.75. The van der Waals surface area contributed by atoms with E-state index in [1.807, 2.05) is 68.4 Å². The topological polar surface area (TPSA) is 85.1 Å². The molecule has 1 aromatic heterocycles. The van der Waals surface area contributed by atoms with Crippen molar-refractivity contribution < 1.29 is 22.3 Å². The van der Waals surface area contributed by atoms with E-state index in [9.17, 15) is 5.11 Å². The minimum absolute atomic E-state index is 0. The largest absolute Gasteiger partial charge is 1.00 e. The van der Waals surface area contributed by atoms with Gasteiger partial charge in [0.1, 0.15) is 5.75 Å². The minimum atomic E-state index is -0.339. The summed E-state index contributed by atoms with van der Waals surface area (Å²) >= 11 is 0. The van der Waals surface area contributed by atoms with Crippen LogP contribution in [0.2, 0.25) is 0 Å². The number of benzene rings is 2. The summed E-state index contributed by atoms with van der Waals surface area (Å²) in [7, 11) is 0. The molecule has 0 unspecified atom stereocenters. The number of ether oxygens (including phenoxy) is 1. The molecule has 138 valence electrons. The number of aromatic nitrogens is 4. The van der Waals surface area contributed by atoms with E-state index < -0.39 is 0 Å². The standard InChI is InChI=1S/C18H21N5O2.ClH/c1-18(2,13-24)19-12-14-7-6-10-16(11-14)25-17-20-21-22-23(17)15-8-4-3-5-9-15;/h3-11,19,24H,12-13H2,1-2H3;1H/p-1. The summed E-state index contributed by atoms with van der Waals surface area (Å²) < 4.78 is 7.39. The lowest BCUT2D eigenvalue weighted by molar-refractivity contribution is -0.00000692. The Kier molecular flexibility index (Phi) is 6.68. The van der Waals surface area contributed by atoms with E-state index in [1.54, 1.807) is 4.68 Å². The van der Waals surface area contributed by atoms with E-state index in [4.69, 9.17) is 4.74 Å². The molecule has 0 atom stereocenters. The molecule has 1 heterocycles. The average molecular weight is 375 g/mol. The number of para-hydroxylation sites is 1. The van der Waals surface area contributed by atoms with Crippen molar-refractivity contribution in [2.45, 2.75) is 25.9 Å². The Morgan fingerprint density at radius 2 is 1.88 bits per heavy atom. The van der Waals surface area contributed by atoms with E-state index in [1.165, 1.54) is 0 Å². The smallest absolute Gasteiger partial charge is 0.345 e. The van der Waals surface area contributed by atoms with Gasteiger partial charge in [0.15, 0.2) is 0 Å². The van der Waals surface area contributed by atoms with Crippen molar-refractivity contribution in [1.82, 2.24) is 25.5 Å². The van der Waals surface area contributed by atoms with Gasteiger partial charge < -0.3 is 27.6 Å². The molecule has 0 amide bonds. The van der Waals surface area contributed by atoms with Crippen molar-refractivity contribution in [3.63, 3.8) is 0 Å². The molecule has 3 rings (SSSR count). The van der Waals surface area contributed by atoms with E-state index in [2.05, 4.69) is 20.8 Å². The van der Waals surface area contributed by atoms with Crippen LogP contribution in [0, 0.1) is 0 Å². The number of nitrogens with one attached hydrogen (secondary N) is 1. The monoisotopic (exact) mass is 374 g/mol. The van der Waals surface area contributed by atoms with Gasteiger partial charge in [-0.05, 0) is 54.1 Å². The number of rotatable bonds is 7. The zero-order valence-electron chi connectivity index (χ0n) is 14.6. The molecule has 0 fully saturated rings. The number of halogens is 1. The summed E-state index contributed by atoms with van der Waals surface area (Å²) in [5, 5.41) is 24.2. The molecule has 0 spiro atoms. The third kappa shape index (κ3) is 5.01. The zero-order chi connectivity index (χ0) is 17.7. The second-order valence-corrected chi connectivity index (χ2v) is 6.35. The van der Waals surface area contributed by atoms with Crippen LogP contribution in [0.1, 0.15) is 19.4 Å².